The van der Waals surface area contributed by atoms with Gasteiger partial charge < -0.3 is 9.72 Å². The molecule has 2 aromatic carbocycles. The molecular formula is C25H25N5O4S. The molecule has 1 aliphatic heterocycles. The van der Waals surface area contributed by atoms with Crippen molar-refractivity contribution in [3.63, 3.8) is 0 Å². The molecule has 10 heteroatoms. The summed E-state index contributed by atoms with van der Waals surface area (Å²) in [4.78, 5) is 48.0. The second kappa shape index (κ2) is 9.57. The summed E-state index contributed by atoms with van der Waals surface area (Å²) < 4.78 is 6.85. The Morgan fingerprint density at radius 3 is 2.63 bits per heavy atom. The Balaban J connectivity index is 1.33. The van der Waals surface area contributed by atoms with Gasteiger partial charge in [0.15, 0.2) is 5.13 Å². The third-order valence-corrected chi connectivity index (χ3v) is 6.63. The molecule has 2 atom stereocenters. The van der Waals surface area contributed by atoms with Gasteiger partial charge in [-0.3, -0.25) is 19.8 Å². The zero-order chi connectivity index (χ0) is 24.5. The zero-order valence-corrected chi connectivity index (χ0v) is 20.2. The number of carbonyl (C=O) groups excluding carboxylic acids is 1. The number of fused-ring (bicyclic) bond motifs is 1. The van der Waals surface area contributed by atoms with Gasteiger partial charge in [-0.2, -0.15) is 0 Å². The van der Waals surface area contributed by atoms with Crippen molar-refractivity contribution in [1.29, 1.82) is 0 Å². The fourth-order valence-corrected chi connectivity index (χ4v) is 5.12. The summed E-state index contributed by atoms with van der Waals surface area (Å²) in [7, 11) is 0. The number of ether oxygens (including phenoxy) is 1. The number of carbonyl (C=O) groups is 1. The molecule has 1 amide bonds. The van der Waals surface area contributed by atoms with Crippen molar-refractivity contribution >= 4 is 33.3 Å². The number of hydrogen-bond donors (Lipinski definition) is 2. The van der Waals surface area contributed by atoms with Gasteiger partial charge in [0, 0.05) is 30.6 Å². The van der Waals surface area contributed by atoms with Crippen molar-refractivity contribution in [2.24, 2.45) is 0 Å². The van der Waals surface area contributed by atoms with Crippen LogP contribution in [0.3, 0.4) is 0 Å². The van der Waals surface area contributed by atoms with Crippen molar-refractivity contribution in [3.05, 3.63) is 86.0 Å². The maximum atomic E-state index is 13.0. The quantitative estimate of drug-likeness (QED) is 0.444. The number of H-pyrrole nitrogens is 1. The molecule has 2 aromatic heterocycles. The van der Waals surface area contributed by atoms with Gasteiger partial charge in [0.1, 0.15) is 0 Å². The van der Waals surface area contributed by atoms with Gasteiger partial charge in [0.2, 0.25) is 0 Å². The maximum absolute atomic E-state index is 13.0. The first-order valence-corrected chi connectivity index (χ1v) is 12.2. The van der Waals surface area contributed by atoms with Crippen LogP contribution >= 0.6 is 11.3 Å². The van der Waals surface area contributed by atoms with Crippen LogP contribution in [-0.4, -0.2) is 50.6 Å². The standard InChI is InChI=1S/C25H25N5O4S/c1-15-11-29(12-16(2)34-15)13-18-14-35-24(26-18)28-22(31)17-8-9-20-21(10-17)27-25(33)30(23(20)32)19-6-4-3-5-7-19/h3-10,14-16H,11-13H2,1-2H3,(H,27,33)(H,26,28,31). The molecule has 0 spiro atoms. The molecule has 180 valence electrons. The second-order valence-corrected chi connectivity index (χ2v) is 9.57. The molecule has 0 aliphatic carbocycles. The first kappa shape index (κ1) is 23.2. The molecule has 2 N–H and O–H groups in total. The highest BCUT2D eigenvalue weighted by Crippen LogP contribution is 2.20. The van der Waals surface area contributed by atoms with Crippen LogP contribution in [0.4, 0.5) is 5.13 Å². The van der Waals surface area contributed by atoms with Crippen LogP contribution in [0.15, 0.2) is 63.5 Å². The molecule has 0 saturated carbocycles. The Hall–Kier alpha value is -3.60. The van der Waals surface area contributed by atoms with Gasteiger partial charge in [-0.15, -0.1) is 11.3 Å². The van der Waals surface area contributed by atoms with Crippen LogP contribution in [0.1, 0.15) is 29.9 Å². The fraction of sp³-hybridized carbons (Fsp3) is 0.280. The molecule has 4 aromatic rings. The van der Waals surface area contributed by atoms with E-state index in [0.717, 1.165) is 23.4 Å². The zero-order valence-electron chi connectivity index (χ0n) is 19.4. The van der Waals surface area contributed by atoms with Crippen molar-refractivity contribution in [1.82, 2.24) is 19.4 Å². The minimum atomic E-state index is -0.567. The Labute approximate surface area is 205 Å². The highest BCUT2D eigenvalue weighted by atomic mass is 32.1. The third kappa shape index (κ3) is 4.95. The van der Waals surface area contributed by atoms with Gasteiger partial charge in [-0.25, -0.2) is 14.3 Å². The average Bonchev–Trinajstić information content (AvgIpc) is 3.25. The summed E-state index contributed by atoms with van der Waals surface area (Å²) in [5.41, 5.74) is 0.965. The number of para-hydroxylation sites is 1. The van der Waals surface area contributed by atoms with E-state index in [4.69, 9.17) is 4.74 Å². The maximum Gasteiger partial charge on any atom is 0.333 e. The molecule has 0 bridgehead atoms. The Morgan fingerprint density at radius 2 is 1.89 bits per heavy atom. The number of aromatic amines is 1. The summed E-state index contributed by atoms with van der Waals surface area (Å²) in [5.74, 6) is -0.366. The van der Waals surface area contributed by atoms with E-state index in [9.17, 15) is 14.4 Å². The topological polar surface area (TPSA) is 109 Å². The van der Waals surface area contributed by atoms with Crippen molar-refractivity contribution in [2.75, 3.05) is 18.4 Å². The van der Waals surface area contributed by atoms with Crippen molar-refractivity contribution < 1.29 is 9.53 Å². The van der Waals surface area contributed by atoms with Gasteiger partial charge in [-0.1, -0.05) is 18.2 Å². The van der Waals surface area contributed by atoms with Crippen LogP contribution in [-0.2, 0) is 11.3 Å². The number of nitrogens with one attached hydrogen (secondary N) is 2. The van der Waals surface area contributed by atoms with Gasteiger partial charge in [-0.05, 0) is 44.2 Å². The van der Waals surface area contributed by atoms with Crippen molar-refractivity contribution in [2.45, 2.75) is 32.6 Å². The Kier molecular flexibility index (Phi) is 6.33. The van der Waals surface area contributed by atoms with Crippen LogP contribution in [0.2, 0.25) is 0 Å². The Bertz CT molecular complexity index is 1480. The number of amides is 1. The molecule has 3 heterocycles. The summed E-state index contributed by atoms with van der Waals surface area (Å²) >= 11 is 1.36. The van der Waals surface area contributed by atoms with Crippen LogP contribution < -0.4 is 16.6 Å². The predicted molar refractivity (Wildman–Crippen MR) is 136 cm³/mol. The summed E-state index contributed by atoms with van der Waals surface area (Å²) in [6.45, 7) is 6.48. The second-order valence-electron chi connectivity index (χ2n) is 8.72. The van der Waals surface area contributed by atoms with E-state index >= 15 is 0 Å². The van der Waals surface area contributed by atoms with Gasteiger partial charge in [0.05, 0.1) is 34.5 Å². The van der Waals surface area contributed by atoms with E-state index in [1.807, 2.05) is 11.4 Å². The van der Waals surface area contributed by atoms with E-state index in [1.165, 1.54) is 17.4 Å². The third-order valence-electron chi connectivity index (χ3n) is 5.83. The molecule has 9 nitrogen and oxygen atoms in total. The smallest absolute Gasteiger partial charge is 0.333 e. The molecule has 35 heavy (non-hydrogen) atoms. The van der Waals surface area contributed by atoms with E-state index in [-0.39, 0.29) is 18.1 Å². The number of aromatic nitrogens is 3. The van der Waals surface area contributed by atoms with Gasteiger partial charge in [0.25, 0.3) is 11.5 Å². The number of nitrogens with zero attached hydrogens (tertiary/aromatic N) is 3. The van der Waals surface area contributed by atoms with Crippen LogP contribution in [0, 0.1) is 0 Å². The molecular weight excluding hydrogens is 466 g/mol. The van der Waals surface area contributed by atoms with E-state index in [2.05, 4.69) is 34.0 Å². The molecule has 1 aliphatic rings. The summed E-state index contributed by atoms with van der Waals surface area (Å²) in [6.07, 6.45) is 0.348. The molecule has 1 saturated heterocycles. The molecule has 0 radical (unpaired) electrons. The number of anilines is 1. The largest absolute Gasteiger partial charge is 0.373 e. The number of benzene rings is 2. The van der Waals surface area contributed by atoms with Crippen LogP contribution in [0.25, 0.3) is 16.6 Å². The van der Waals surface area contributed by atoms with E-state index in [1.54, 1.807) is 36.4 Å². The van der Waals surface area contributed by atoms with Crippen molar-refractivity contribution in [3.8, 4) is 5.69 Å². The minimum absolute atomic E-state index is 0.174. The lowest BCUT2D eigenvalue weighted by atomic mass is 10.1. The lowest BCUT2D eigenvalue weighted by Gasteiger charge is -2.34. The van der Waals surface area contributed by atoms with E-state index < -0.39 is 11.2 Å². The normalized spacial score (nSPS) is 18.6. The lowest BCUT2D eigenvalue weighted by molar-refractivity contribution is -0.0707. The SMILES string of the molecule is CC1CN(Cc2csc(NC(=O)c3ccc4c(=O)n(-c5ccccc5)c(=O)[nH]c4c3)n2)CC(C)O1. The summed E-state index contributed by atoms with van der Waals surface area (Å²) in [6, 6.07) is 13.3. The van der Waals surface area contributed by atoms with Crippen LogP contribution in [0.5, 0.6) is 0 Å². The fourth-order valence-electron chi connectivity index (χ4n) is 4.42. The number of morpholine rings is 1. The summed E-state index contributed by atoms with van der Waals surface area (Å²) in [5, 5.41) is 5.56. The van der Waals surface area contributed by atoms with Gasteiger partial charge >= 0.3 is 5.69 Å². The number of thiazole rings is 1. The minimum Gasteiger partial charge on any atom is -0.373 e. The first-order valence-electron chi connectivity index (χ1n) is 11.4. The lowest BCUT2D eigenvalue weighted by Crippen LogP contribution is -2.44. The number of rotatable bonds is 5. The Morgan fingerprint density at radius 1 is 1.14 bits per heavy atom. The monoisotopic (exact) mass is 491 g/mol. The predicted octanol–water partition coefficient (Wildman–Crippen LogP) is 3.00. The molecule has 1 fully saturated rings. The number of hydrogen-bond acceptors (Lipinski definition) is 7. The highest BCUT2D eigenvalue weighted by Gasteiger charge is 2.23. The average molecular weight is 492 g/mol. The van der Waals surface area contributed by atoms with E-state index in [0.29, 0.717) is 33.8 Å². The molecule has 5 rings (SSSR count). The highest BCUT2D eigenvalue weighted by molar-refractivity contribution is 7.14. The molecule has 2 unspecified atom stereocenters. The first-order chi connectivity index (χ1) is 16.9.